The van der Waals surface area contributed by atoms with Crippen LogP contribution in [0.4, 0.5) is 24.5 Å². The molecule has 2 aromatic carbocycles. The summed E-state index contributed by atoms with van der Waals surface area (Å²) >= 11 is 0. The van der Waals surface area contributed by atoms with Crippen molar-refractivity contribution < 1.29 is 32.6 Å². The SMILES string of the molecule is CC.COC1=CC([C@@](O)(C(=O)Nc2ccc(C3CCN(c4ccc(C(=O)N(C)C)c(C)c4)CC3)cc2)C(F)(F)F)=CCC1. The average Bonchev–Trinajstić information content (AvgIpc) is 3.01. The quantitative estimate of drug-likeness (QED) is 0.374. The van der Waals surface area contributed by atoms with Gasteiger partial charge in [0.15, 0.2) is 0 Å². The summed E-state index contributed by atoms with van der Waals surface area (Å²) < 4.78 is 47.1. The molecule has 0 saturated carbocycles. The van der Waals surface area contributed by atoms with Gasteiger partial charge in [-0.2, -0.15) is 13.2 Å². The molecule has 0 unspecified atom stereocenters. The van der Waals surface area contributed by atoms with E-state index in [1.807, 2.05) is 39.0 Å². The molecule has 1 aliphatic carbocycles. The van der Waals surface area contributed by atoms with Crippen LogP contribution in [0, 0.1) is 6.92 Å². The lowest BCUT2D eigenvalue weighted by molar-refractivity contribution is -0.234. The fraction of sp³-hybridized carbons (Fsp3) is 0.455. The van der Waals surface area contributed by atoms with Crippen LogP contribution in [0.5, 0.6) is 0 Å². The number of carbonyl (C=O) groups is 2. The number of methoxy groups -OCH3 is 1. The highest BCUT2D eigenvalue weighted by Crippen LogP contribution is 2.40. The topological polar surface area (TPSA) is 82.1 Å². The van der Waals surface area contributed by atoms with Crippen molar-refractivity contribution in [1.29, 1.82) is 0 Å². The minimum Gasteiger partial charge on any atom is -0.501 e. The highest BCUT2D eigenvalue weighted by atomic mass is 19.4. The predicted octanol–water partition coefficient (Wildman–Crippen LogP) is 6.59. The van der Waals surface area contributed by atoms with E-state index in [1.54, 1.807) is 43.3 Å². The lowest BCUT2D eigenvalue weighted by Gasteiger charge is -2.34. The van der Waals surface area contributed by atoms with Gasteiger partial charge in [-0.3, -0.25) is 9.59 Å². The molecule has 2 aliphatic rings. The molecule has 1 fully saturated rings. The first kappa shape index (κ1) is 33.7. The molecule has 1 saturated heterocycles. The third-order valence-corrected chi connectivity index (χ3v) is 7.84. The van der Waals surface area contributed by atoms with E-state index in [2.05, 4.69) is 10.2 Å². The van der Waals surface area contributed by atoms with Gasteiger partial charge in [-0.25, -0.2) is 0 Å². The van der Waals surface area contributed by atoms with Crippen molar-refractivity contribution in [3.8, 4) is 0 Å². The second kappa shape index (κ2) is 14.1. The minimum absolute atomic E-state index is 0.0291. The summed E-state index contributed by atoms with van der Waals surface area (Å²) in [6.07, 6.45) is -0.590. The normalized spacial score (nSPS) is 17.0. The van der Waals surface area contributed by atoms with Crippen LogP contribution in [-0.4, -0.2) is 67.9 Å². The van der Waals surface area contributed by atoms with E-state index in [9.17, 15) is 27.9 Å². The van der Waals surface area contributed by atoms with Crippen LogP contribution < -0.4 is 10.2 Å². The van der Waals surface area contributed by atoms with Crippen molar-refractivity contribution in [3.05, 3.63) is 82.6 Å². The Morgan fingerprint density at radius 3 is 2.21 bits per heavy atom. The van der Waals surface area contributed by atoms with Crippen LogP contribution in [0.3, 0.4) is 0 Å². The van der Waals surface area contributed by atoms with Gasteiger partial charge in [-0.15, -0.1) is 0 Å². The van der Waals surface area contributed by atoms with Crippen molar-refractivity contribution in [1.82, 2.24) is 4.90 Å². The van der Waals surface area contributed by atoms with Crippen molar-refractivity contribution in [2.45, 2.75) is 64.1 Å². The van der Waals surface area contributed by atoms with Gasteiger partial charge in [0.2, 0.25) is 0 Å². The number of halogens is 3. The Labute approximate surface area is 252 Å². The molecule has 1 aliphatic heterocycles. The summed E-state index contributed by atoms with van der Waals surface area (Å²) in [5.41, 5.74) is -0.405. The number of amides is 2. The summed E-state index contributed by atoms with van der Waals surface area (Å²) in [5.74, 6) is -1.08. The summed E-state index contributed by atoms with van der Waals surface area (Å²) in [6.45, 7) is 7.56. The van der Waals surface area contributed by atoms with E-state index in [0.717, 1.165) is 48.8 Å². The van der Waals surface area contributed by atoms with Gasteiger partial charge in [0.25, 0.3) is 17.4 Å². The molecule has 2 aromatic rings. The van der Waals surface area contributed by atoms with Gasteiger partial charge in [-0.05, 0) is 79.6 Å². The highest BCUT2D eigenvalue weighted by Gasteiger charge is 2.61. The summed E-state index contributed by atoms with van der Waals surface area (Å²) in [6, 6.07) is 12.6. The van der Waals surface area contributed by atoms with Gasteiger partial charge in [0, 0.05) is 56.1 Å². The largest absolute Gasteiger partial charge is 0.501 e. The molecule has 1 atom stereocenters. The molecule has 7 nitrogen and oxygen atoms in total. The molecule has 2 amide bonds. The third-order valence-electron chi connectivity index (χ3n) is 7.84. The van der Waals surface area contributed by atoms with Crippen molar-refractivity contribution in [3.63, 3.8) is 0 Å². The second-order valence-corrected chi connectivity index (χ2v) is 10.8. The lowest BCUT2D eigenvalue weighted by Crippen LogP contribution is -2.56. The number of nitrogens with zero attached hydrogens (tertiary/aromatic N) is 2. The summed E-state index contributed by atoms with van der Waals surface area (Å²) in [4.78, 5) is 29.0. The molecular weight excluding hydrogens is 559 g/mol. The number of hydrogen-bond acceptors (Lipinski definition) is 5. The van der Waals surface area contributed by atoms with Crippen LogP contribution in [0.25, 0.3) is 0 Å². The van der Waals surface area contributed by atoms with Gasteiger partial charge in [0.1, 0.15) is 0 Å². The Balaban J connectivity index is 0.00000248. The molecule has 0 radical (unpaired) electrons. The monoisotopic (exact) mass is 601 g/mol. The lowest BCUT2D eigenvalue weighted by atomic mass is 9.87. The highest BCUT2D eigenvalue weighted by molar-refractivity contribution is 6.01. The maximum absolute atomic E-state index is 14.0. The second-order valence-electron chi connectivity index (χ2n) is 10.8. The minimum atomic E-state index is -5.23. The van der Waals surface area contributed by atoms with Crippen LogP contribution in [0.2, 0.25) is 0 Å². The number of rotatable bonds is 7. The van der Waals surface area contributed by atoms with Crippen molar-refractivity contribution in [2.24, 2.45) is 0 Å². The maximum Gasteiger partial charge on any atom is 0.430 e. The number of ether oxygens (including phenoxy) is 1. The molecule has 1 heterocycles. The first-order valence-electron chi connectivity index (χ1n) is 14.6. The molecule has 43 heavy (non-hydrogen) atoms. The van der Waals surface area contributed by atoms with Crippen LogP contribution in [0.15, 0.2) is 65.9 Å². The number of hydrogen-bond donors (Lipinski definition) is 2. The predicted molar refractivity (Wildman–Crippen MR) is 163 cm³/mol. The summed E-state index contributed by atoms with van der Waals surface area (Å²) in [5, 5.41) is 12.9. The van der Waals surface area contributed by atoms with E-state index in [4.69, 9.17) is 4.74 Å². The third kappa shape index (κ3) is 7.41. The van der Waals surface area contributed by atoms with E-state index < -0.39 is 23.3 Å². The van der Waals surface area contributed by atoms with E-state index in [-0.39, 0.29) is 29.7 Å². The van der Waals surface area contributed by atoms with Crippen LogP contribution in [0.1, 0.15) is 66.9 Å². The van der Waals surface area contributed by atoms with Gasteiger partial charge in [-0.1, -0.05) is 32.1 Å². The van der Waals surface area contributed by atoms with Crippen LogP contribution in [-0.2, 0) is 9.53 Å². The Kier molecular flexibility index (Phi) is 11.1. The molecule has 10 heteroatoms. The number of piperidine rings is 1. The molecule has 0 aromatic heterocycles. The molecule has 0 bridgehead atoms. The van der Waals surface area contributed by atoms with E-state index in [0.29, 0.717) is 12.0 Å². The first-order valence-corrected chi connectivity index (χ1v) is 14.6. The number of anilines is 2. The number of alkyl halides is 3. The average molecular weight is 602 g/mol. The van der Waals surface area contributed by atoms with Crippen molar-refractivity contribution >= 4 is 23.2 Å². The number of carbonyl (C=O) groups excluding carboxylic acids is 2. The maximum atomic E-state index is 14.0. The number of aryl methyl sites for hydroxylation is 1. The molecule has 234 valence electrons. The van der Waals surface area contributed by atoms with Gasteiger partial charge >= 0.3 is 6.18 Å². The Bertz CT molecular complexity index is 1340. The molecular formula is C33H42F3N3O4. The Morgan fingerprint density at radius 1 is 1.05 bits per heavy atom. The number of benzene rings is 2. The Hall–Kier alpha value is -3.79. The fourth-order valence-electron chi connectivity index (χ4n) is 5.37. The van der Waals surface area contributed by atoms with Crippen molar-refractivity contribution in [2.75, 3.05) is 44.5 Å². The first-order chi connectivity index (χ1) is 20.3. The zero-order valence-corrected chi connectivity index (χ0v) is 25.7. The molecule has 0 spiro atoms. The Morgan fingerprint density at radius 2 is 1.67 bits per heavy atom. The van der Waals surface area contributed by atoms with Gasteiger partial charge < -0.3 is 25.0 Å². The molecule has 4 rings (SSSR count). The zero-order valence-electron chi connectivity index (χ0n) is 25.7. The van der Waals surface area contributed by atoms with Crippen LogP contribution >= 0.6 is 0 Å². The summed E-state index contributed by atoms with van der Waals surface area (Å²) in [7, 11) is 4.79. The van der Waals surface area contributed by atoms with E-state index >= 15 is 0 Å². The molecule has 2 N–H and O–H groups in total. The fourth-order valence-corrected chi connectivity index (χ4v) is 5.37. The zero-order chi connectivity index (χ0) is 31.9. The smallest absolute Gasteiger partial charge is 0.430 e. The number of aliphatic hydroxyl groups is 1. The standard InChI is InChI=1S/C31H36F3N3O4.C2H6/c1-20-18-25(12-13-27(20)28(38)36(2)3)37-16-14-22(15-17-37)21-8-10-24(11-9-21)35-29(39)30(40,31(32,33)34)23-6-5-7-26(19-23)41-4;1-2/h6,8-13,18-19,22,40H,5,7,14-17H2,1-4H3,(H,35,39);1-2H3/t30-;/m1./s1. The van der Waals surface area contributed by atoms with E-state index in [1.165, 1.54) is 13.2 Å². The number of allylic oxidation sites excluding steroid dienone is 2. The van der Waals surface area contributed by atoms with Gasteiger partial charge in [0.05, 0.1) is 12.9 Å². The number of nitrogens with one attached hydrogen (secondary N) is 1.